The molecule has 0 fully saturated rings. The number of hydrogen-bond donors (Lipinski definition) is 2. The van der Waals surface area contributed by atoms with Gasteiger partial charge < -0.3 is 19.3 Å². The Morgan fingerprint density at radius 1 is 0.574 bits per heavy atom. The highest BCUT2D eigenvalue weighted by Gasteiger charge is 2.30. The van der Waals surface area contributed by atoms with Crippen molar-refractivity contribution >= 4 is 55.2 Å². The van der Waals surface area contributed by atoms with Gasteiger partial charge in [-0.3, -0.25) is 0 Å². The van der Waals surface area contributed by atoms with Gasteiger partial charge in [0, 0.05) is 43.0 Å². The lowest BCUT2D eigenvalue weighted by Crippen LogP contribution is -2.09. The maximum Gasteiger partial charge on any atom is 0.163 e. The van der Waals surface area contributed by atoms with E-state index in [4.69, 9.17) is 9.05 Å². The molecule has 8 rings (SSSR count). The van der Waals surface area contributed by atoms with E-state index in [1.54, 1.807) is 24.5 Å². The number of benzene rings is 4. The molecule has 232 valence electrons. The van der Waals surface area contributed by atoms with Gasteiger partial charge in [0.05, 0.1) is 12.4 Å². The van der Waals surface area contributed by atoms with Gasteiger partial charge in [0.25, 0.3) is 0 Å². The summed E-state index contributed by atoms with van der Waals surface area (Å²) in [6, 6.07) is 28.1. The average molecular weight is 748 g/mol. The first-order valence-corrected chi connectivity index (χ1v) is 16.9. The second kappa shape index (κ2) is 12.2. The lowest BCUT2D eigenvalue weighted by atomic mass is 9.79. The molecule has 0 radical (unpaired) electrons. The Morgan fingerprint density at radius 2 is 1.00 bits per heavy atom. The number of phenols is 2. The molecule has 4 aromatic carbocycles. The third-order valence-corrected chi connectivity index (χ3v) is 10.3. The average Bonchev–Trinajstić information content (AvgIpc) is 3.76. The van der Waals surface area contributed by atoms with Crippen molar-refractivity contribution < 1.29 is 19.3 Å². The van der Waals surface area contributed by atoms with Crippen LogP contribution in [0.2, 0.25) is 0 Å². The van der Waals surface area contributed by atoms with Gasteiger partial charge in [-0.2, -0.15) is 0 Å². The zero-order valence-electron chi connectivity index (χ0n) is 25.0. The number of allylic oxidation sites excluding steroid dienone is 2. The number of phenolic OH excluding ortho intramolecular Hbond substituents is 2. The lowest BCUT2D eigenvalue weighted by Gasteiger charge is -2.24. The quantitative estimate of drug-likeness (QED) is 0.176. The van der Waals surface area contributed by atoms with Crippen LogP contribution in [-0.4, -0.2) is 20.5 Å². The fraction of sp³-hybridized carbons (Fsp3) is 0.128. The van der Waals surface area contributed by atoms with Crippen LogP contribution in [0, 0.1) is 0 Å². The topological polar surface area (TPSA) is 92.5 Å². The standard InChI is InChI=1S/C39H28Br2N2O4/c40-28-7-3-24(4-8-28)26-16-30(34-20-42-46-38(34)18-26)32-14-22(1-11-36(32)44)13-23-2-12-37(45)33(15-23)31-17-27(19-39-35(31)21-43-47-39)25-5-9-29(41)10-6-25/h1-12,14-15,18-21,30-31,44-45H,13,16-17H2. The van der Waals surface area contributed by atoms with Crippen LogP contribution in [0.5, 0.6) is 11.5 Å². The van der Waals surface area contributed by atoms with Gasteiger partial charge in [0.1, 0.15) is 11.5 Å². The monoisotopic (exact) mass is 746 g/mol. The van der Waals surface area contributed by atoms with Gasteiger partial charge in [0.2, 0.25) is 0 Å². The molecule has 6 nitrogen and oxygen atoms in total. The van der Waals surface area contributed by atoms with Crippen molar-refractivity contribution in [3.63, 3.8) is 0 Å². The van der Waals surface area contributed by atoms with E-state index in [-0.39, 0.29) is 23.3 Å². The molecule has 0 saturated carbocycles. The molecular weight excluding hydrogens is 720 g/mol. The van der Waals surface area contributed by atoms with E-state index in [0.717, 1.165) is 64.6 Å². The maximum absolute atomic E-state index is 11.1. The molecule has 6 aromatic rings. The van der Waals surface area contributed by atoms with Crippen LogP contribution in [0.1, 0.15) is 80.7 Å². The molecule has 2 aliphatic rings. The number of aromatic hydroxyl groups is 2. The Kier molecular flexibility index (Phi) is 7.70. The maximum atomic E-state index is 11.1. The van der Waals surface area contributed by atoms with Crippen LogP contribution in [0.3, 0.4) is 0 Å². The number of fused-ring (bicyclic) bond motifs is 2. The van der Waals surface area contributed by atoms with Crippen LogP contribution in [0.15, 0.2) is 115 Å². The fourth-order valence-electron chi connectivity index (χ4n) is 6.86. The summed E-state index contributed by atoms with van der Waals surface area (Å²) in [6.45, 7) is 0. The first-order chi connectivity index (χ1) is 22.9. The molecule has 2 atom stereocenters. The Labute approximate surface area is 288 Å². The molecule has 2 unspecified atom stereocenters. The van der Waals surface area contributed by atoms with Gasteiger partial charge in [-0.25, -0.2) is 0 Å². The lowest BCUT2D eigenvalue weighted by molar-refractivity contribution is 0.410. The second-order valence-electron chi connectivity index (χ2n) is 12.1. The van der Waals surface area contributed by atoms with Crippen LogP contribution in [0.25, 0.3) is 23.3 Å². The highest BCUT2D eigenvalue weighted by molar-refractivity contribution is 9.10. The molecule has 0 aliphatic heterocycles. The van der Waals surface area contributed by atoms with Gasteiger partial charge in [0.15, 0.2) is 11.5 Å². The summed E-state index contributed by atoms with van der Waals surface area (Å²) in [5, 5.41) is 30.5. The molecule has 0 amide bonds. The van der Waals surface area contributed by atoms with Crippen molar-refractivity contribution in [3.05, 3.63) is 162 Å². The van der Waals surface area contributed by atoms with Crippen LogP contribution >= 0.6 is 31.9 Å². The van der Waals surface area contributed by atoms with Crippen molar-refractivity contribution in [1.82, 2.24) is 10.3 Å². The molecule has 8 heteroatoms. The summed E-state index contributed by atoms with van der Waals surface area (Å²) in [6.07, 6.45) is 9.63. The van der Waals surface area contributed by atoms with E-state index >= 15 is 0 Å². The highest BCUT2D eigenvalue weighted by Crippen LogP contribution is 2.46. The predicted octanol–water partition coefficient (Wildman–Crippen LogP) is 10.3. The zero-order chi connectivity index (χ0) is 32.1. The van der Waals surface area contributed by atoms with Crippen molar-refractivity contribution in [1.29, 1.82) is 0 Å². The van der Waals surface area contributed by atoms with Gasteiger partial charge in [-0.05, 0) is 101 Å². The Bertz CT molecular complexity index is 2020. The molecule has 2 N–H and O–H groups in total. The van der Waals surface area contributed by atoms with Crippen LogP contribution in [-0.2, 0) is 6.42 Å². The van der Waals surface area contributed by atoms with Crippen molar-refractivity contribution in [2.24, 2.45) is 0 Å². The number of halogens is 2. The number of aromatic nitrogens is 2. The molecule has 2 aromatic heterocycles. The fourth-order valence-corrected chi connectivity index (χ4v) is 7.39. The van der Waals surface area contributed by atoms with Crippen LogP contribution < -0.4 is 0 Å². The first-order valence-electron chi connectivity index (χ1n) is 15.4. The van der Waals surface area contributed by atoms with E-state index in [9.17, 15) is 10.2 Å². The smallest absolute Gasteiger partial charge is 0.163 e. The number of rotatable bonds is 6. The minimum Gasteiger partial charge on any atom is -0.508 e. The third kappa shape index (κ3) is 5.77. The van der Waals surface area contributed by atoms with E-state index in [2.05, 4.69) is 78.6 Å². The largest absolute Gasteiger partial charge is 0.508 e. The number of hydrogen-bond acceptors (Lipinski definition) is 6. The van der Waals surface area contributed by atoms with Gasteiger partial charge in [-0.1, -0.05) is 90.7 Å². The molecule has 0 bridgehead atoms. The minimum absolute atomic E-state index is 0.117. The zero-order valence-corrected chi connectivity index (χ0v) is 28.2. The third-order valence-electron chi connectivity index (χ3n) is 9.24. The molecule has 0 spiro atoms. The summed E-state index contributed by atoms with van der Waals surface area (Å²) in [5.41, 5.74) is 10.1. The summed E-state index contributed by atoms with van der Waals surface area (Å²) >= 11 is 7.05. The normalized spacial score (nSPS) is 17.1. The second-order valence-corrected chi connectivity index (χ2v) is 14.0. The Morgan fingerprint density at radius 3 is 1.43 bits per heavy atom. The van der Waals surface area contributed by atoms with E-state index in [0.29, 0.717) is 30.8 Å². The molecule has 2 aliphatic carbocycles. The molecular formula is C39H28Br2N2O4. The highest BCUT2D eigenvalue weighted by atomic mass is 79.9. The molecule has 47 heavy (non-hydrogen) atoms. The Hall–Kier alpha value is -4.66. The summed E-state index contributed by atoms with van der Waals surface area (Å²) in [7, 11) is 0. The molecule has 0 saturated heterocycles. The Balaban J connectivity index is 1.10. The van der Waals surface area contributed by atoms with Gasteiger partial charge in [-0.15, -0.1) is 0 Å². The summed E-state index contributed by atoms with van der Waals surface area (Å²) < 4.78 is 13.3. The minimum atomic E-state index is -0.117. The van der Waals surface area contributed by atoms with Crippen LogP contribution in [0.4, 0.5) is 0 Å². The first kappa shape index (κ1) is 29.7. The number of nitrogens with zero attached hydrogens (tertiary/aromatic N) is 2. The SMILES string of the molecule is Oc1ccc(Cc2ccc(O)c(C3CC(c4ccc(Br)cc4)=Cc4oncc43)c2)cc1C1CC(c2ccc(Br)cc2)=Cc2oncc21. The van der Waals surface area contributed by atoms with E-state index < -0.39 is 0 Å². The van der Waals surface area contributed by atoms with Crippen molar-refractivity contribution in [2.75, 3.05) is 0 Å². The van der Waals surface area contributed by atoms with E-state index in [1.165, 1.54) is 0 Å². The summed E-state index contributed by atoms with van der Waals surface area (Å²) in [5.74, 6) is 1.67. The summed E-state index contributed by atoms with van der Waals surface area (Å²) in [4.78, 5) is 0. The van der Waals surface area contributed by atoms with E-state index in [1.807, 2.05) is 48.6 Å². The molecule has 2 heterocycles. The van der Waals surface area contributed by atoms with Crippen molar-refractivity contribution in [3.8, 4) is 11.5 Å². The van der Waals surface area contributed by atoms with Gasteiger partial charge >= 0.3 is 0 Å². The van der Waals surface area contributed by atoms with Crippen molar-refractivity contribution in [2.45, 2.75) is 31.1 Å². The predicted molar refractivity (Wildman–Crippen MR) is 189 cm³/mol.